The maximum Gasteiger partial charge on any atom is 0.319 e. The van der Waals surface area contributed by atoms with Gasteiger partial charge in [0.1, 0.15) is 5.25 Å². The standard InChI is InChI=1S/C10H20O3S/c1-5-6-8(9(11)12)14(13)7-10(2,3)4/h8H,5-7H2,1-4H3,(H,11,12). The van der Waals surface area contributed by atoms with E-state index in [9.17, 15) is 9.00 Å². The monoisotopic (exact) mass is 220 g/mol. The predicted molar refractivity (Wildman–Crippen MR) is 58.8 cm³/mol. The Hall–Kier alpha value is -0.380. The molecule has 0 amide bonds. The molecule has 84 valence electrons. The molecule has 0 saturated heterocycles. The molecule has 2 unspecified atom stereocenters. The van der Waals surface area contributed by atoms with Gasteiger partial charge in [-0.3, -0.25) is 9.00 Å². The van der Waals surface area contributed by atoms with Gasteiger partial charge in [0.2, 0.25) is 0 Å². The van der Waals surface area contributed by atoms with Crippen molar-refractivity contribution in [1.82, 2.24) is 0 Å². The molecule has 0 aromatic heterocycles. The van der Waals surface area contributed by atoms with E-state index in [2.05, 4.69) is 0 Å². The van der Waals surface area contributed by atoms with Crippen LogP contribution in [0.3, 0.4) is 0 Å². The largest absolute Gasteiger partial charge is 0.480 e. The molecule has 14 heavy (non-hydrogen) atoms. The molecule has 0 aromatic rings. The van der Waals surface area contributed by atoms with Gasteiger partial charge in [0.05, 0.1) is 0 Å². The van der Waals surface area contributed by atoms with Crippen LogP contribution in [-0.4, -0.2) is 26.3 Å². The van der Waals surface area contributed by atoms with Crippen molar-refractivity contribution in [3.8, 4) is 0 Å². The first-order chi connectivity index (χ1) is 6.28. The second-order valence-corrected chi connectivity index (χ2v) is 6.32. The summed E-state index contributed by atoms with van der Waals surface area (Å²) in [6.07, 6.45) is 1.25. The molecule has 2 atom stereocenters. The van der Waals surface area contributed by atoms with Crippen LogP contribution < -0.4 is 0 Å². The summed E-state index contributed by atoms with van der Waals surface area (Å²) < 4.78 is 11.7. The molecule has 0 fully saturated rings. The Morgan fingerprint density at radius 3 is 2.21 bits per heavy atom. The van der Waals surface area contributed by atoms with Gasteiger partial charge in [-0.1, -0.05) is 34.1 Å². The first kappa shape index (κ1) is 13.6. The van der Waals surface area contributed by atoms with Crippen molar-refractivity contribution < 1.29 is 14.1 Å². The van der Waals surface area contributed by atoms with E-state index < -0.39 is 22.0 Å². The predicted octanol–water partition coefficient (Wildman–Crippen LogP) is 2.03. The number of hydrogen-bond acceptors (Lipinski definition) is 2. The highest BCUT2D eigenvalue weighted by molar-refractivity contribution is 7.86. The number of carbonyl (C=O) groups is 1. The molecule has 4 heteroatoms. The summed E-state index contributed by atoms with van der Waals surface area (Å²) >= 11 is 0. The number of hydrogen-bond donors (Lipinski definition) is 1. The van der Waals surface area contributed by atoms with Crippen molar-refractivity contribution in [2.75, 3.05) is 5.75 Å². The quantitative estimate of drug-likeness (QED) is 0.771. The summed E-state index contributed by atoms with van der Waals surface area (Å²) in [5.41, 5.74) is -0.0771. The normalized spacial score (nSPS) is 16.3. The molecule has 0 radical (unpaired) electrons. The molecule has 0 bridgehead atoms. The zero-order valence-corrected chi connectivity index (χ0v) is 10.2. The molecule has 0 aliphatic heterocycles. The van der Waals surface area contributed by atoms with Crippen LogP contribution in [-0.2, 0) is 15.6 Å². The van der Waals surface area contributed by atoms with Crippen LogP contribution in [0.4, 0.5) is 0 Å². The van der Waals surface area contributed by atoms with Gasteiger partial charge in [-0.2, -0.15) is 0 Å². The van der Waals surface area contributed by atoms with Crippen LogP contribution in [0.5, 0.6) is 0 Å². The Kier molecular flexibility index (Phi) is 5.34. The minimum absolute atomic E-state index is 0.0771. The van der Waals surface area contributed by atoms with Gasteiger partial charge >= 0.3 is 5.97 Å². The molecule has 1 N–H and O–H groups in total. The van der Waals surface area contributed by atoms with E-state index in [1.807, 2.05) is 27.7 Å². The van der Waals surface area contributed by atoms with E-state index in [1.54, 1.807) is 0 Å². The average Bonchev–Trinajstić information content (AvgIpc) is 1.95. The van der Waals surface area contributed by atoms with Crippen LogP contribution in [0.15, 0.2) is 0 Å². The fourth-order valence-corrected chi connectivity index (χ4v) is 2.94. The van der Waals surface area contributed by atoms with Crippen LogP contribution in [0, 0.1) is 5.41 Å². The average molecular weight is 220 g/mol. The third-order valence-corrected chi connectivity index (χ3v) is 3.94. The van der Waals surface area contributed by atoms with Gasteiger partial charge in [0, 0.05) is 16.6 Å². The smallest absolute Gasteiger partial charge is 0.319 e. The maximum absolute atomic E-state index is 11.7. The molecular formula is C10H20O3S. The molecule has 0 spiro atoms. The van der Waals surface area contributed by atoms with Crippen molar-refractivity contribution in [3.63, 3.8) is 0 Å². The van der Waals surface area contributed by atoms with Gasteiger partial charge in [-0.05, 0) is 11.8 Å². The lowest BCUT2D eigenvalue weighted by molar-refractivity contribution is -0.136. The Morgan fingerprint density at radius 2 is 1.93 bits per heavy atom. The second kappa shape index (κ2) is 5.49. The second-order valence-electron chi connectivity index (χ2n) is 4.70. The summed E-state index contributed by atoms with van der Waals surface area (Å²) in [5, 5.41) is 8.18. The fourth-order valence-electron chi connectivity index (χ4n) is 1.16. The number of carboxylic acid groups (broad SMARTS) is 1. The maximum atomic E-state index is 11.7. The number of aliphatic carboxylic acids is 1. The third kappa shape index (κ3) is 5.37. The molecule has 0 aromatic carbocycles. The van der Waals surface area contributed by atoms with Gasteiger partial charge in [0.15, 0.2) is 0 Å². The van der Waals surface area contributed by atoms with E-state index >= 15 is 0 Å². The SMILES string of the molecule is CCCC(C(=O)O)S(=O)CC(C)(C)C. The summed E-state index contributed by atoms with van der Waals surface area (Å²) in [7, 11) is -1.26. The highest BCUT2D eigenvalue weighted by Crippen LogP contribution is 2.18. The molecule has 0 rings (SSSR count). The van der Waals surface area contributed by atoms with E-state index in [0.29, 0.717) is 12.2 Å². The van der Waals surface area contributed by atoms with Crippen LogP contribution in [0.25, 0.3) is 0 Å². The van der Waals surface area contributed by atoms with Crippen molar-refractivity contribution in [2.45, 2.75) is 45.8 Å². The minimum atomic E-state index is -1.26. The number of rotatable bonds is 5. The first-order valence-corrected chi connectivity index (χ1v) is 6.26. The van der Waals surface area contributed by atoms with Crippen LogP contribution in [0.1, 0.15) is 40.5 Å². The topological polar surface area (TPSA) is 54.4 Å². The highest BCUT2D eigenvalue weighted by Gasteiger charge is 2.27. The van der Waals surface area contributed by atoms with Gasteiger partial charge < -0.3 is 5.11 Å². The lowest BCUT2D eigenvalue weighted by Crippen LogP contribution is -2.31. The van der Waals surface area contributed by atoms with Crippen molar-refractivity contribution in [1.29, 1.82) is 0 Å². The lowest BCUT2D eigenvalue weighted by atomic mass is 10.0. The minimum Gasteiger partial charge on any atom is -0.480 e. The van der Waals surface area contributed by atoms with E-state index in [-0.39, 0.29) is 5.41 Å². The molecule has 0 aliphatic rings. The van der Waals surface area contributed by atoms with Gasteiger partial charge in [-0.15, -0.1) is 0 Å². The Labute approximate surface area is 88.4 Å². The summed E-state index contributed by atoms with van der Waals surface area (Å²) in [6, 6.07) is 0. The number of carboxylic acids is 1. The van der Waals surface area contributed by atoms with E-state index in [1.165, 1.54) is 0 Å². The van der Waals surface area contributed by atoms with Crippen molar-refractivity contribution in [3.05, 3.63) is 0 Å². The first-order valence-electron chi connectivity index (χ1n) is 4.88. The third-order valence-electron chi connectivity index (χ3n) is 1.72. The van der Waals surface area contributed by atoms with E-state index in [4.69, 9.17) is 5.11 Å². The Balaban J connectivity index is 4.38. The van der Waals surface area contributed by atoms with Crippen LogP contribution in [0.2, 0.25) is 0 Å². The summed E-state index contributed by atoms with van der Waals surface area (Å²) in [6.45, 7) is 7.81. The van der Waals surface area contributed by atoms with Crippen LogP contribution >= 0.6 is 0 Å². The molecule has 0 saturated carbocycles. The zero-order valence-electron chi connectivity index (χ0n) is 9.37. The highest BCUT2D eigenvalue weighted by atomic mass is 32.2. The molecule has 0 heterocycles. The van der Waals surface area contributed by atoms with Gasteiger partial charge in [0.25, 0.3) is 0 Å². The fraction of sp³-hybridized carbons (Fsp3) is 0.900. The van der Waals surface area contributed by atoms with Crippen molar-refractivity contribution in [2.24, 2.45) is 5.41 Å². The summed E-state index contributed by atoms with van der Waals surface area (Å²) in [5.74, 6) is -0.487. The van der Waals surface area contributed by atoms with E-state index in [0.717, 1.165) is 6.42 Å². The summed E-state index contributed by atoms with van der Waals surface area (Å²) in [4.78, 5) is 10.8. The lowest BCUT2D eigenvalue weighted by Gasteiger charge is -2.20. The molecular weight excluding hydrogens is 200 g/mol. The Morgan fingerprint density at radius 1 is 1.43 bits per heavy atom. The molecule has 3 nitrogen and oxygen atoms in total. The van der Waals surface area contributed by atoms with Gasteiger partial charge in [-0.25, -0.2) is 0 Å². The zero-order chi connectivity index (χ0) is 11.4. The Bertz CT molecular complexity index is 218. The van der Waals surface area contributed by atoms with Crippen molar-refractivity contribution >= 4 is 16.8 Å². The molecule has 0 aliphatic carbocycles.